The number of hydrogen-bond acceptors (Lipinski definition) is 5. The van der Waals surface area contributed by atoms with Crippen LogP contribution < -0.4 is 9.64 Å². The van der Waals surface area contributed by atoms with Gasteiger partial charge >= 0.3 is 6.09 Å². The summed E-state index contributed by atoms with van der Waals surface area (Å²) in [4.78, 5) is 13.7. The van der Waals surface area contributed by atoms with Gasteiger partial charge in [-0.3, -0.25) is 9.58 Å². The molecule has 0 saturated heterocycles. The lowest BCUT2D eigenvalue weighted by atomic mass is 9.91. The minimum atomic E-state index is -0.566. The van der Waals surface area contributed by atoms with Gasteiger partial charge in [0.25, 0.3) is 0 Å². The van der Waals surface area contributed by atoms with Gasteiger partial charge in [-0.15, -0.1) is 5.10 Å². The number of carbonyl (C=O) groups is 1. The topological polar surface area (TPSA) is 69.5 Å². The van der Waals surface area contributed by atoms with Crippen LogP contribution in [0.4, 0.5) is 14.9 Å². The first-order chi connectivity index (χ1) is 13.0. The van der Waals surface area contributed by atoms with Crippen LogP contribution in [0.3, 0.4) is 0 Å². The third kappa shape index (κ3) is 3.02. The van der Waals surface area contributed by atoms with E-state index in [0.717, 1.165) is 19.3 Å². The van der Waals surface area contributed by atoms with Crippen LogP contribution in [0.5, 0.6) is 5.75 Å². The van der Waals surface area contributed by atoms with Crippen molar-refractivity contribution in [2.24, 2.45) is 7.05 Å². The molecule has 1 amide bonds. The van der Waals surface area contributed by atoms with Crippen molar-refractivity contribution in [1.82, 2.24) is 15.0 Å². The zero-order chi connectivity index (χ0) is 19.1. The highest BCUT2D eigenvalue weighted by atomic mass is 19.1. The average Bonchev–Trinajstić information content (AvgIpc) is 3.04. The first-order valence-electron chi connectivity index (χ1n) is 9.25. The summed E-state index contributed by atoms with van der Waals surface area (Å²) < 4.78 is 27.9. The molecule has 0 bridgehead atoms. The molecular formula is C19H23FN4O3. The number of fused-ring (bicyclic) bond motifs is 1. The summed E-state index contributed by atoms with van der Waals surface area (Å²) in [5.74, 6) is 0.126. The molecule has 1 unspecified atom stereocenters. The summed E-state index contributed by atoms with van der Waals surface area (Å²) in [6, 6.07) is 1.24. The molecule has 1 aliphatic carbocycles. The predicted molar refractivity (Wildman–Crippen MR) is 97.3 cm³/mol. The molecule has 4 rings (SSSR count). The zero-order valence-electron chi connectivity index (χ0n) is 15.7. The molecule has 1 saturated carbocycles. The smallest absolute Gasteiger partial charge is 0.414 e. The first kappa shape index (κ1) is 17.8. The molecule has 8 heteroatoms. The third-order valence-corrected chi connectivity index (χ3v) is 5.38. The van der Waals surface area contributed by atoms with Crippen molar-refractivity contribution >= 4 is 11.8 Å². The Kier molecular flexibility index (Phi) is 4.49. The predicted octanol–water partition coefficient (Wildman–Crippen LogP) is 3.46. The molecule has 2 heterocycles. The van der Waals surface area contributed by atoms with E-state index in [0.29, 0.717) is 35.4 Å². The Balaban J connectivity index is 1.89. The fourth-order valence-corrected chi connectivity index (χ4v) is 3.69. The molecule has 144 valence electrons. The van der Waals surface area contributed by atoms with E-state index in [2.05, 4.69) is 10.3 Å². The minimum Gasteiger partial charge on any atom is -0.489 e. The number of hydrogen-bond donors (Lipinski definition) is 0. The van der Waals surface area contributed by atoms with Gasteiger partial charge < -0.3 is 9.47 Å². The lowest BCUT2D eigenvalue weighted by Crippen LogP contribution is -2.43. The summed E-state index contributed by atoms with van der Waals surface area (Å²) in [6.07, 6.45) is 5.68. The van der Waals surface area contributed by atoms with Crippen LogP contribution in [0.15, 0.2) is 12.3 Å². The average molecular weight is 374 g/mol. The SMILES string of the molecule is COC(=O)N1c2c(F)cc(-c3cn(C)nn3)c(OC3CCC3)c2CCC1C. The Labute approximate surface area is 157 Å². The maximum Gasteiger partial charge on any atom is 0.414 e. The molecule has 0 spiro atoms. The van der Waals surface area contributed by atoms with Crippen molar-refractivity contribution in [1.29, 1.82) is 0 Å². The second kappa shape index (κ2) is 6.83. The Morgan fingerprint density at radius 2 is 2.11 bits per heavy atom. The summed E-state index contributed by atoms with van der Waals surface area (Å²) in [5.41, 5.74) is 2.08. The van der Waals surface area contributed by atoms with Crippen molar-refractivity contribution in [2.75, 3.05) is 12.0 Å². The number of carbonyl (C=O) groups excluding carboxylic acids is 1. The highest BCUT2D eigenvalue weighted by Crippen LogP contribution is 2.45. The van der Waals surface area contributed by atoms with E-state index in [4.69, 9.17) is 9.47 Å². The number of aryl methyl sites for hydroxylation is 1. The first-order valence-corrected chi connectivity index (χ1v) is 9.25. The molecule has 27 heavy (non-hydrogen) atoms. The number of benzene rings is 1. The van der Waals surface area contributed by atoms with Gasteiger partial charge in [0.1, 0.15) is 17.3 Å². The van der Waals surface area contributed by atoms with E-state index in [9.17, 15) is 4.79 Å². The van der Waals surface area contributed by atoms with Crippen LogP contribution in [0.25, 0.3) is 11.3 Å². The summed E-state index contributed by atoms with van der Waals surface area (Å²) in [5, 5.41) is 8.10. The van der Waals surface area contributed by atoms with Crippen LogP contribution in [-0.4, -0.2) is 40.3 Å². The highest BCUT2D eigenvalue weighted by molar-refractivity contribution is 5.92. The zero-order valence-corrected chi connectivity index (χ0v) is 15.7. The lowest BCUT2D eigenvalue weighted by Gasteiger charge is -2.37. The molecule has 1 fully saturated rings. The molecule has 1 aromatic carbocycles. The Bertz CT molecular complexity index is 878. The van der Waals surface area contributed by atoms with Crippen molar-refractivity contribution < 1.29 is 18.7 Å². The maximum absolute atomic E-state index is 15.2. The van der Waals surface area contributed by atoms with Crippen molar-refractivity contribution in [3.63, 3.8) is 0 Å². The van der Waals surface area contributed by atoms with E-state index < -0.39 is 11.9 Å². The Morgan fingerprint density at radius 3 is 2.70 bits per heavy atom. The van der Waals surface area contributed by atoms with E-state index >= 15 is 4.39 Å². The summed E-state index contributed by atoms with van der Waals surface area (Å²) in [6.45, 7) is 1.89. The number of rotatable bonds is 3. The number of ether oxygens (including phenoxy) is 2. The second-order valence-electron chi connectivity index (χ2n) is 7.24. The molecule has 0 radical (unpaired) electrons. The monoisotopic (exact) mass is 374 g/mol. The molecule has 1 aromatic heterocycles. The van der Waals surface area contributed by atoms with E-state index in [-0.39, 0.29) is 17.8 Å². The van der Waals surface area contributed by atoms with E-state index in [1.807, 2.05) is 6.92 Å². The van der Waals surface area contributed by atoms with Crippen LogP contribution in [0.2, 0.25) is 0 Å². The number of aromatic nitrogens is 3. The molecule has 0 N–H and O–H groups in total. The highest BCUT2D eigenvalue weighted by Gasteiger charge is 2.36. The fourth-order valence-electron chi connectivity index (χ4n) is 3.69. The van der Waals surface area contributed by atoms with Crippen molar-refractivity contribution in [3.8, 4) is 17.0 Å². The summed E-state index contributed by atoms with van der Waals surface area (Å²) in [7, 11) is 3.07. The van der Waals surface area contributed by atoms with E-state index in [1.165, 1.54) is 18.1 Å². The van der Waals surface area contributed by atoms with Gasteiger partial charge in [0.05, 0.1) is 25.1 Å². The molecule has 2 aliphatic rings. The van der Waals surface area contributed by atoms with Gasteiger partial charge in [-0.25, -0.2) is 9.18 Å². The van der Waals surface area contributed by atoms with Crippen molar-refractivity contribution in [3.05, 3.63) is 23.6 Å². The van der Waals surface area contributed by atoms with Gasteiger partial charge in [0.15, 0.2) is 0 Å². The van der Waals surface area contributed by atoms with Gasteiger partial charge in [-0.2, -0.15) is 0 Å². The largest absolute Gasteiger partial charge is 0.489 e. The van der Waals surface area contributed by atoms with Gasteiger partial charge in [-0.05, 0) is 45.1 Å². The Morgan fingerprint density at radius 1 is 1.33 bits per heavy atom. The molecule has 1 atom stereocenters. The molecular weight excluding hydrogens is 351 g/mol. The van der Waals surface area contributed by atoms with Gasteiger partial charge in [-0.1, -0.05) is 5.21 Å². The fraction of sp³-hybridized carbons (Fsp3) is 0.526. The van der Waals surface area contributed by atoms with Gasteiger partial charge in [0.2, 0.25) is 0 Å². The summed E-state index contributed by atoms with van der Waals surface area (Å²) >= 11 is 0. The van der Waals surface area contributed by atoms with Crippen LogP contribution in [0.1, 0.15) is 38.2 Å². The quantitative estimate of drug-likeness (QED) is 0.823. The number of anilines is 1. The lowest BCUT2D eigenvalue weighted by molar-refractivity contribution is 0.119. The number of methoxy groups -OCH3 is 1. The number of amides is 1. The van der Waals surface area contributed by atoms with Crippen LogP contribution in [0, 0.1) is 5.82 Å². The number of nitrogens with zero attached hydrogens (tertiary/aromatic N) is 4. The molecule has 7 nitrogen and oxygen atoms in total. The van der Waals surface area contributed by atoms with Gasteiger partial charge in [0, 0.05) is 24.2 Å². The molecule has 2 aromatic rings. The standard InChI is InChI=1S/C19H23FN4O3/c1-11-7-8-13-17(24(11)19(25)26-3)15(20)9-14(16-10-23(2)22-21-16)18(13)27-12-5-4-6-12/h9-12H,4-8H2,1-3H3. The Hall–Kier alpha value is -2.64. The molecule has 1 aliphatic heterocycles. The number of halogens is 1. The maximum atomic E-state index is 15.2. The van der Waals surface area contributed by atoms with Crippen LogP contribution in [-0.2, 0) is 18.2 Å². The normalized spacial score (nSPS) is 19.4. The second-order valence-corrected chi connectivity index (χ2v) is 7.24. The van der Waals surface area contributed by atoms with Crippen molar-refractivity contribution in [2.45, 2.75) is 51.2 Å². The third-order valence-electron chi connectivity index (χ3n) is 5.38. The van der Waals surface area contributed by atoms with Crippen LogP contribution >= 0.6 is 0 Å². The minimum absolute atomic E-state index is 0.112. The van der Waals surface area contributed by atoms with E-state index in [1.54, 1.807) is 17.9 Å².